The summed E-state index contributed by atoms with van der Waals surface area (Å²) in [5.41, 5.74) is 1.41. The number of pyridine rings is 1. The maximum Gasteiger partial charge on any atom is 0.328 e. The van der Waals surface area contributed by atoms with Gasteiger partial charge in [0.25, 0.3) is 0 Å². The van der Waals surface area contributed by atoms with Crippen LogP contribution in [0.3, 0.4) is 0 Å². The Kier molecular flexibility index (Phi) is 6.85. The molecule has 0 fully saturated rings. The summed E-state index contributed by atoms with van der Waals surface area (Å²) in [5, 5.41) is 16.2. The number of carboxylic acids is 2. The average Bonchev–Trinajstić information content (AvgIpc) is 2.72. The van der Waals surface area contributed by atoms with Crippen LogP contribution in [0.4, 0.5) is 0 Å². The number of aliphatic carboxylic acids is 2. The van der Waals surface area contributed by atoms with Crippen LogP contribution in [0.15, 0.2) is 60.8 Å². The van der Waals surface area contributed by atoms with E-state index in [1.165, 1.54) is 0 Å². The third-order valence-corrected chi connectivity index (χ3v) is 3.35. The second-order valence-electron chi connectivity index (χ2n) is 5.22. The number of likely N-dealkylation sites (N-methyl/N-ethyl adjacent to an activating group) is 1. The third kappa shape index (κ3) is 9.82. The first-order valence-corrected chi connectivity index (χ1v) is 8.29. The predicted molar refractivity (Wildman–Crippen MR) is 106 cm³/mol. The molecule has 0 spiro atoms. The van der Waals surface area contributed by atoms with Crippen molar-refractivity contribution in [3.63, 3.8) is 0 Å². The second kappa shape index (κ2) is 12.6. The van der Waals surface area contributed by atoms with Crippen molar-refractivity contribution in [2.45, 2.75) is 6.10 Å². The number of hydrogen-bond donors (Lipinski definition) is 2. The zero-order chi connectivity index (χ0) is 25.9. The van der Waals surface area contributed by atoms with Crippen LogP contribution in [0.5, 0.6) is 0 Å². The number of nitrogens with zero attached hydrogens (tertiary/aromatic N) is 2. The van der Waals surface area contributed by atoms with Gasteiger partial charge >= 0.3 is 11.9 Å². The Labute approximate surface area is 177 Å². The largest absolute Gasteiger partial charge is 0.478 e. The molecular formula is C20H23ClN2O5. The Bertz CT molecular complexity index is 923. The molecule has 7 nitrogen and oxygen atoms in total. The topological polar surface area (TPSA) is 100.0 Å². The quantitative estimate of drug-likeness (QED) is 0.642. The van der Waals surface area contributed by atoms with Gasteiger partial charge in [0, 0.05) is 38.1 Å². The standard InChI is InChI=1S/C16H19ClN2O.C4H4O4/c1-19(2)11-12-20-16(15-5-3-4-10-18-15)13-6-8-14(17)9-7-13;5-3(6)1-2-4(7)8/h3-10,16H,11-12H2,1-2H3;1-2H,(H,5,6)(H,7,8)/b;2-1-/i1D3,2D3;. The van der Waals surface area contributed by atoms with Crippen molar-refractivity contribution >= 4 is 23.5 Å². The van der Waals surface area contributed by atoms with E-state index in [1.807, 2.05) is 6.07 Å². The van der Waals surface area contributed by atoms with Gasteiger partial charge in [-0.2, -0.15) is 0 Å². The second-order valence-corrected chi connectivity index (χ2v) is 5.65. The van der Waals surface area contributed by atoms with E-state index in [-0.39, 0.29) is 13.2 Å². The molecule has 8 heteroatoms. The molecule has 0 bridgehead atoms. The van der Waals surface area contributed by atoms with Gasteiger partial charge < -0.3 is 19.8 Å². The highest BCUT2D eigenvalue weighted by molar-refractivity contribution is 6.30. The Morgan fingerprint density at radius 1 is 1.18 bits per heavy atom. The van der Waals surface area contributed by atoms with E-state index < -0.39 is 32.0 Å². The molecule has 2 aromatic rings. The maximum absolute atomic E-state index is 9.55. The molecule has 0 saturated carbocycles. The van der Waals surface area contributed by atoms with Gasteiger partial charge in [-0.05, 0) is 43.8 Å². The number of carbonyl (C=O) groups is 2. The number of aromatic nitrogens is 1. The van der Waals surface area contributed by atoms with Crippen molar-refractivity contribution < 1.29 is 32.8 Å². The number of benzene rings is 1. The Hall–Kier alpha value is -2.74. The van der Waals surface area contributed by atoms with E-state index in [0.717, 1.165) is 5.56 Å². The fourth-order valence-corrected chi connectivity index (χ4v) is 2.05. The van der Waals surface area contributed by atoms with Gasteiger partial charge in [0.15, 0.2) is 0 Å². The molecule has 0 saturated heterocycles. The van der Waals surface area contributed by atoms with Gasteiger partial charge in [0.1, 0.15) is 6.10 Å². The van der Waals surface area contributed by atoms with E-state index in [1.54, 1.807) is 42.6 Å². The lowest BCUT2D eigenvalue weighted by molar-refractivity contribution is -0.134. The predicted octanol–water partition coefficient (Wildman–Crippen LogP) is 3.11. The monoisotopic (exact) mass is 412 g/mol. The van der Waals surface area contributed by atoms with Crippen molar-refractivity contribution in [2.24, 2.45) is 0 Å². The summed E-state index contributed by atoms with van der Waals surface area (Å²) in [6.45, 7) is -5.85. The summed E-state index contributed by atoms with van der Waals surface area (Å²) < 4.78 is 50.2. The summed E-state index contributed by atoms with van der Waals surface area (Å²) in [7, 11) is 0. The summed E-state index contributed by atoms with van der Waals surface area (Å²) in [6.07, 6.45) is 2.17. The minimum atomic E-state index is -2.74. The van der Waals surface area contributed by atoms with Crippen molar-refractivity contribution in [1.82, 2.24) is 9.88 Å². The Morgan fingerprint density at radius 2 is 1.82 bits per heavy atom. The van der Waals surface area contributed by atoms with Crippen LogP contribution in [0, 0.1) is 0 Å². The molecule has 28 heavy (non-hydrogen) atoms. The molecule has 1 atom stereocenters. The number of carboxylic acid groups (broad SMARTS) is 2. The van der Waals surface area contributed by atoms with Crippen molar-refractivity contribution in [2.75, 3.05) is 27.1 Å². The highest BCUT2D eigenvalue weighted by Gasteiger charge is 2.15. The molecule has 1 heterocycles. The Morgan fingerprint density at radius 3 is 2.32 bits per heavy atom. The third-order valence-electron chi connectivity index (χ3n) is 3.10. The summed E-state index contributed by atoms with van der Waals surface area (Å²) in [6, 6.07) is 12.4. The van der Waals surface area contributed by atoms with Gasteiger partial charge in [-0.15, -0.1) is 0 Å². The fourth-order valence-electron chi connectivity index (χ4n) is 1.93. The van der Waals surface area contributed by atoms with Gasteiger partial charge in [-0.1, -0.05) is 29.8 Å². The lowest BCUT2D eigenvalue weighted by Gasteiger charge is -2.19. The van der Waals surface area contributed by atoms with Crippen LogP contribution in [-0.4, -0.2) is 59.1 Å². The van der Waals surface area contributed by atoms with E-state index in [9.17, 15) is 9.59 Å². The molecule has 0 aliphatic heterocycles. The molecule has 0 aliphatic carbocycles. The van der Waals surface area contributed by atoms with Crippen LogP contribution in [0.2, 0.25) is 5.02 Å². The van der Waals surface area contributed by atoms with Crippen LogP contribution in [0.25, 0.3) is 0 Å². The molecule has 1 aromatic heterocycles. The molecular weight excluding hydrogens is 384 g/mol. The number of hydrogen-bond acceptors (Lipinski definition) is 5. The zero-order valence-electron chi connectivity index (χ0n) is 20.7. The highest BCUT2D eigenvalue weighted by Crippen LogP contribution is 2.25. The van der Waals surface area contributed by atoms with Crippen LogP contribution >= 0.6 is 11.6 Å². The van der Waals surface area contributed by atoms with Gasteiger partial charge in [-0.25, -0.2) is 9.59 Å². The number of ether oxygens (including phenoxy) is 1. The number of halogens is 1. The molecule has 2 rings (SSSR count). The van der Waals surface area contributed by atoms with Gasteiger partial charge in [0.05, 0.1) is 12.3 Å². The smallest absolute Gasteiger partial charge is 0.328 e. The van der Waals surface area contributed by atoms with Crippen LogP contribution in [-0.2, 0) is 14.3 Å². The first-order chi connectivity index (χ1) is 15.7. The van der Waals surface area contributed by atoms with E-state index in [0.29, 0.717) is 27.8 Å². The first kappa shape index (κ1) is 15.2. The van der Waals surface area contributed by atoms with Gasteiger partial charge in [0.2, 0.25) is 0 Å². The first-order valence-electron chi connectivity index (χ1n) is 10.9. The normalized spacial score (nSPS) is 15.8. The zero-order valence-corrected chi connectivity index (χ0v) is 15.4. The van der Waals surface area contributed by atoms with Crippen molar-refractivity contribution in [3.05, 3.63) is 77.1 Å². The molecule has 1 aromatic carbocycles. The molecule has 0 radical (unpaired) electrons. The van der Waals surface area contributed by atoms with Gasteiger partial charge in [-0.3, -0.25) is 4.98 Å². The Balaban J connectivity index is 0.000000620. The van der Waals surface area contributed by atoms with E-state index in [2.05, 4.69) is 4.98 Å². The highest BCUT2D eigenvalue weighted by atomic mass is 35.5. The summed E-state index contributed by atoms with van der Waals surface area (Å²) >= 11 is 5.92. The molecule has 2 N–H and O–H groups in total. The molecule has 150 valence electrons. The SMILES string of the molecule is O=C(O)/C=C\C(=O)O.[2H]C([2H])([2H])N(CCOC(c1ccc(Cl)cc1)c1ccccn1)C([2H])([2H])[2H]. The van der Waals surface area contributed by atoms with Crippen molar-refractivity contribution in [1.29, 1.82) is 0 Å². The summed E-state index contributed by atoms with van der Waals surface area (Å²) in [5.74, 6) is -2.51. The lowest BCUT2D eigenvalue weighted by Crippen LogP contribution is -2.20. The van der Waals surface area contributed by atoms with Crippen molar-refractivity contribution in [3.8, 4) is 0 Å². The van der Waals surface area contributed by atoms with Crippen LogP contribution in [0.1, 0.15) is 25.6 Å². The fraction of sp³-hybridized carbons (Fsp3) is 0.250. The number of rotatable bonds is 8. The minimum absolute atomic E-state index is 0.0966. The molecule has 0 amide bonds. The van der Waals surface area contributed by atoms with E-state index in [4.69, 9.17) is 34.8 Å². The lowest BCUT2D eigenvalue weighted by atomic mass is 10.1. The van der Waals surface area contributed by atoms with E-state index >= 15 is 0 Å². The molecule has 0 aliphatic rings. The maximum atomic E-state index is 9.55. The average molecular weight is 413 g/mol. The molecule has 1 unspecified atom stereocenters. The van der Waals surface area contributed by atoms with Crippen LogP contribution < -0.4 is 0 Å². The minimum Gasteiger partial charge on any atom is -0.478 e. The summed E-state index contributed by atoms with van der Waals surface area (Å²) in [4.78, 5) is 23.9.